The molecule has 0 aliphatic carbocycles. The van der Waals surface area contributed by atoms with E-state index in [2.05, 4.69) is 34.1 Å². The smallest absolute Gasteiger partial charge is 0.0702 e. The summed E-state index contributed by atoms with van der Waals surface area (Å²) in [4.78, 5) is 6.90. The standard InChI is InChI=1S/C16H21N3/c17-11-15(12-19-8-1-2-9-19)13-5-6-16-14(10-13)4-3-7-18-16/h3-7,10,15H,1-2,8-9,11-12,17H2. The summed E-state index contributed by atoms with van der Waals surface area (Å²) >= 11 is 0. The van der Waals surface area contributed by atoms with E-state index in [1.807, 2.05) is 12.3 Å². The van der Waals surface area contributed by atoms with Gasteiger partial charge in [-0.15, -0.1) is 0 Å². The van der Waals surface area contributed by atoms with E-state index < -0.39 is 0 Å². The molecule has 0 radical (unpaired) electrons. The van der Waals surface area contributed by atoms with Gasteiger partial charge in [-0.2, -0.15) is 0 Å². The molecule has 1 aromatic carbocycles. The second-order valence-electron chi connectivity index (χ2n) is 5.40. The van der Waals surface area contributed by atoms with Crippen molar-refractivity contribution in [1.29, 1.82) is 0 Å². The number of hydrogen-bond acceptors (Lipinski definition) is 3. The largest absolute Gasteiger partial charge is 0.330 e. The van der Waals surface area contributed by atoms with E-state index in [9.17, 15) is 0 Å². The fourth-order valence-corrected chi connectivity index (χ4v) is 2.94. The normalized spacial score (nSPS) is 17.9. The van der Waals surface area contributed by atoms with Crippen molar-refractivity contribution in [3.05, 3.63) is 42.1 Å². The molecule has 1 aliphatic rings. The van der Waals surface area contributed by atoms with E-state index in [4.69, 9.17) is 5.73 Å². The third-order valence-electron chi connectivity index (χ3n) is 4.06. The lowest BCUT2D eigenvalue weighted by Gasteiger charge is -2.22. The Bertz CT molecular complexity index is 546. The van der Waals surface area contributed by atoms with Crippen LogP contribution >= 0.6 is 0 Å². The van der Waals surface area contributed by atoms with Crippen molar-refractivity contribution in [3.8, 4) is 0 Å². The summed E-state index contributed by atoms with van der Waals surface area (Å²) in [5, 5.41) is 1.21. The van der Waals surface area contributed by atoms with E-state index in [-0.39, 0.29) is 0 Å². The van der Waals surface area contributed by atoms with Gasteiger partial charge in [0.25, 0.3) is 0 Å². The zero-order valence-electron chi connectivity index (χ0n) is 11.3. The minimum absolute atomic E-state index is 0.433. The predicted octanol–water partition coefficient (Wildman–Crippen LogP) is 2.37. The van der Waals surface area contributed by atoms with E-state index in [1.165, 1.54) is 36.9 Å². The van der Waals surface area contributed by atoms with Crippen molar-refractivity contribution in [2.24, 2.45) is 5.73 Å². The number of likely N-dealkylation sites (tertiary alicyclic amines) is 1. The molecular weight excluding hydrogens is 234 g/mol. The highest BCUT2D eigenvalue weighted by atomic mass is 15.1. The number of aromatic nitrogens is 1. The van der Waals surface area contributed by atoms with Gasteiger partial charge in [0.1, 0.15) is 0 Å². The van der Waals surface area contributed by atoms with Crippen molar-refractivity contribution in [2.45, 2.75) is 18.8 Å². The summed E-state index contributed by atoms with van der Waals surface area (Å²) < 4.78 is 0. The van der Waals surface area contributed by atoms with Gasteiger partial charge >= 0.3 is 0 Å². The second-order valence-corrected chi connectivity index (χ2v) is 5.40. The summed E-state index contributed by atoms with van der Waals surface area (Å²) in [6.07, 6.45) is 4.50. The number of rotatable bonds is 4. The molecule has 1 aromatic heterocycles. The summed E-state index contributed by atoms with van der Waals surface area (Å²) in [5.74, 6) is 0.433. The van der Waals surface area contributed by atoms with Gasteiger partial charge in [-0.25, -0.2) is 0 Å². The van der Waals surface area contributed by atoms with Crippen LogP contribution in [-0.4, -0.2) is 36.1 Å². The summed E-state index contributed by atoms with van der Waals surface area (Å²) in [5.41, 5.74) is 8.39. The van der Waals surface area contributed by atoms with Crippen LogP contribution in [0.4, 0.5) is 0 Å². The van der Waals surface area contributed by atoms with Crippen molar-refractivity contribution in [1.82, 2.24) is 9.88 Å². The zero-order chi connectivity index (χ0) is 13.1. The van der Waals surface area contributed by atoms with E-state index >= 15 is 0 Å². The highest BCUT2D eigenvalue weighted by molar-refractivity contribution is 5.79. The quantitative estimate of drug-likeness (QED) is 0.912. The average molecular weight is 255 g/mol. The molecule has 3 heteroatoms. The van der Waals surface area contributed by atoms with Gasteiger partial charge in [-0.05, 0) is 49.7 Å². The maximum atomic E-state index is 5.98. The molecule has 1 saturated heterocycles. The van der Waals surface area contributed by atoms with Gasteiger partial charge in [0.05, 0.1) is 5.52 Å². The number of fused-ring (bicyclic) bond motifs is 1. The van der Waals surface area contributed by atoms with Crippen LogP contribution in [0.2, 0.25) is 0 Å². The highest BCUT2D eigenvalue weighted by Crippen LogP contribution is 2.22. The van der Waals surface area contributed by atoms with Crippen LogP contribution in [0, 0.1) is 0 Å². The van der Waals surface area contributed by atoms with Crippen LogP contribution in [0.25, 0.3) is 10.9 Å². The molecule has 1 fully saturated rings. The Kier molecular flexibility index (Phi) is 3.76. The SMILES string of the molecule is NCC(CN1CCCC1)c1ccc2ncccc2c1. The highest BCUT2D eigenvalue weighted by Gasteiger charge is 2.18. The minimum atomic E-state index is 0.433. The van der Waals surface area contributed by atoms with Gasteiger partial charge < -0.3 is 10.6 Å². The lowest BCUT2D eigenvalue weighted by atomic mass is 9.97. The monoisotopic (exact) mass is 255 g/mol. The van der Waals surface area contributed by atoms with Gasteiger partial charge in [-0.1, -0.05) is 12.1 Å². The molecule has 0 saturated carbocycles. The van der Waals surface area contributed by atoms with Crippen LogP contribution in [0.15, 0.2) is 36.5 Å². The molecule has 3 rings (SSSR count). The molecule has 3 nitrogen and oxygen atoms in total. The lowest BCUT2D eigenvalue weighted by Crippen LogP contribution is -2.29. The Balaban J connectivity index is 1.83. The van der Waals surface area contributed by atoms with E-state index in [0.717, 1.165) is 12.1 Å². The number of nitrogens with zero attached hydrogens (tertiary/aromatic N) is 2. The number of benzene rings is 1. The van der Waals surface area contributed by atoms with Gasteiger partial charge in [0.2, 0.25) is 0 Å². The first kappa shape index (κ1) is 12.6. The Morgan fingerprint density at radius 2 is 2.05 bits per heavy atom. The third-order valence-corrected chi connectivity index (χ3v) is 4.06. The molecule has 100 valence electrons. The molecule has 0 spiro atoms. The second kappa shape index (κ2) is 5.68. The third kappa shape index (κ3) is 2.77. The van der Waals surface area contributed by atoms with Crippen LogP contribution in [0.5, 0.6) is 0 Å². The minimum Gasteiger partial charge on any atom is -0.330 e. The summed E-state index contributed by atoms with van der Waals surface area (Å²) in [6, 6.07) is 10.6. The average Bonchev–Trinajstić information content (AvgIpc) is 2.97. The van der Waals surface area contributed by atoms with Crippen LogP contribution in [0.1, 0.15) is 24.3 Å². The first-order valence-corrected chi connectivity index (χ1v) is 7.14. The summed E-state index contributed by atoms with van der Waals surface area (Å²) in [7, 11) is 0. The fraction of sp³-hybridized carbons (Fsp3) is 0.438. The Hall–Kier alpha value is -1.45. The Labute approximate surface area is 114 Å². The predicted molar refractivity (Wildman–Crippen MR) is 79.2 cm³/mol. The maximum Gasteiger partial charge on any atom is 0.0702 e. The van der Waals surface area contributed by atoms with Crippen LogP contribution in [0.3, 0.4) is 0 Å². The van der Waals surface area contributed by atoms with Crippen molar-refractivity contribution >= 4 is 10.9 Å². The van der Waals surface area contributed by atoms with Crippen LogP contribution < -0.4 is 5.73 Å². The van der Waals surface area contributed by atoms with E-state index in [0.29, 0.717) is 12.5 Å². The first-order chi connectivity index (χ1) is 9.36. The summed E-state index contributed by atoms with van der Waals surface area (Å²) in [6.45, 7) is 4.25. The molecule has 2 heterocycles. The molecule has 2 N–H and O–H groups in total. The van der Waals surface area contributed by atoms with E-state index in [1.54, 1.807) is 0 Å². The Morgan fingerprint density at radius 3 is 2.84 bits per heavy atom. The molecule has 2 aromatic rings. The van der Waals surface area contributed by atoms with Gasteiger partial charge in [0, 0.05) is 30.6 Å². The number of pyridine rings is 1. The molecule has 0 bridgehead atoms. The number of hydrogen-bond donors (Lipinski definition) is 1. The van der Waals surface area contributed by atoms with Gasteiger partial charge in [-0.3, -0.25) is 4.98 Å². The number of nitrogens with two attached hydrogens (primary N) is 1. The molecule has 1 atom stereocenters. The van der Waals surface area contributed by atoms with Crippen molar-refractivity contribution in [2.75, 3.05) is 26.2 Å². The van der Waals surface area contributed by atoms with Gasteiger partial charge in [0.15, 0.2) is 0 Å². The topological polar surface area (TPSA) is 42.1 Å². The van der Waals surface area contributed by atoms with Crippen LogP contribution in [-0.2, 0) is 0 Å². The van der Waals surface area contributed by atoms with Crippen molar-refractivity contribution < 1.29 is 0 Å². The molecule has 0 amide bonds. The molecule has 1 unspecified atom stereocenters. The lowest BCUT2D eigenvalue weighted by molar-refractivity contribution is 0.315. The Morgan fingerprint density at radius 1 is 1.21 bits per heavy atom. The molecule has 1 aliphatic heterocycles. The molecule has 19 heavy (non-hydrogen) atoms. The molecular formula is C16H21N3. The maximum absolute atomic E-state index is 5.98. The zero-order valence-corrected chi connectivity index (χ0v) is 11.3. The van der Waals surface area contributed by atoms with Crippen molar-refractivity contribution in [3.63, 3.8) is 0 Å². The first-order valence-electron chi connectivity index (χ1n) is 7.14. The fourth-order valence-electron chi connectivity index (χ4n) is 2.94.